The molecule has 1 aliphatic heterocycles. The molecular formula is C13H19N3O2. The van der Waals surface area contributed by atoms with Gasteiger partial charge < -0.3 is 14.8 Å². The standard InChI is InChI=1S/C13H19N3O2/c1-15-9-5-11(10-15)13(18)14-6-3-8-16-7-2-4-12(16)17/h5,9-10H,2-4,6-8H2,1H3,(H,14,18). The summed E-state index contributed by atoms with van der Waals surface area (Å²) in [6.45, 7) is 2.22. The average Bonchev–Trinajstić information content (AvgIpc) is 2.94. The Morgan fingerprint density at radius 3 is 2.94 bits per heavy atom. The molecular weight excluding hydrogens is 230 g/mol. The zero-order valence-electron chi connectivity index (χ0n) is 10.7. The molecule has 1 N–H and O–H groups in total. The number of carbonyl (C=O) groups is 2. The molecule has 5 heteroatoms. The van der Waals surface area contributed by atoms with Crippen LogP contribution in [0.5, 0.6) is 0 Å². The number of rotatable bonds is 5. The predicted octanol–water partition coefficient (Wildman–Crippen LogP) is 0.767. The van der Waals surface area contributed by atoms with E-state index in [1.54, 1.807) is 12.3 Å². The minimum atomic E-state index is -0.0525. The van der Waals surface area contributed by atoms with E-state index in [0.717, 1.165) is 25.9 Å². The van der Waals surface area contributed by atoms with Crippen LogP contribution in [0.2, 0.25) is 0 Å². The number of hydrogen-bond acceptors (Lipinski definition) is 2. The topological polar surface area (TPSA) is 54.3 Å². The summed E-state index contributed by atoms with van der Waals surface area (Å²) in [6.07, 6.45) is 6.09. The molecule has 0 bridgehead atoms. The molecule has 0 aromatic carbocycles. The summed E-state index contributed by atoms with van der Waals surface area (Å²) in [4.78, 5) is 24.9. The Hall–Kier alpha value is -1.78. The first-order valence-electron chi connectivity index (χ1n) is 6.35. The van der Waals surface area contributed by atoms with Crippen LogP contribution in [0.3, 0.4) is 0 Å². The molecule has 0 atom stereocenters. The van der Waals surface area contributed by atoms with E-state index in [9.17, 15) is 9.59 Å². The highest BCUT2D eigenvalue weighted by atomic mass is 16.2. The summed E-state index contributed by atoms with van der Waals surface area (Å²) >= 11 is 0. The lowest BCUT2D eigenvalue weighted by molar-refractivity contribution is -0.127. The van der Waals surface area contributed by atoms with Crippen molar-refractivity contribution in [2.45, 2.75) is 19.3 Å². The molecule has 1 aromatic heterocycles. The molecule has 18 heavy (non-hydrogen) atoms. The fraction of sp³-hybridized carbons (Fsp3) is 0.538. The Morgan fingerprint density at radius 2 is 2.33 bits per heavy atom. The summed E-state index contributed by atoms with van der Waals surface area (Å²) in [5, 5.41) is 2.86. The van der Waals surface area contributed by atoms with Crippen molar-refractivity contribution < 1.29 is 9.59 Å². The quantitative estimate of drug-likeness (QED) is 0.784. The van der Waals surface area contributed by atoms with E-state index in [0.29, 0.717) is 18.5 Å². The molecule has 1 saturated heterocycles. The number of aromatic nitrogens is 1. The Balaban J connectivity index is 1.66. The maximum atomic E-state index is 11.7. The summed E-state index contributed by atoms with van der Waals surface area (Å²) in [5.41, 5.74) is 0.676. The van der Waals surface area contributed by atoms with Gasteiger partial charge in [-0.2, -0.15) is 0 Å². The fourth-order valence-corrected chi connectivity index (χ4v) is 2.15. The van der Waals surface area contributed by atoms with Gasteiger partial charge >= 0.3 is 0 Å². The summed E-state index contributed by atoms with van der Waals surface area (Å²) in [7, 11) is 1.88. The van der Waals surface area contributed by atoms with Crippen LogP contribution >= 0.6 is 0 Å². The van der Waals surface area contributed by atoms with E-state index >= 15 is 0 Å². The number of likely N-dealkylation sites (tertiary alicyclic amines) is 1. The Kier molecular flexibility index (Phi) is 4.02. The molecule has 2 rings (SSSR count). The van der Waals surface area contributed by atoms with Crippen molar-refractivity contribution in [1.29, 1.82) is 0 Å². The van der Waals surface area contributed by atoms with Crippen molar-refractivity contribution in [2.75, 3.05) is 19.6 Å². The molecule has 1 fully saturated rings. The van der Waals surface area contributed by atoms with Crippen molar-refractivity contribution in [2.24, 2.45) is 7.05 Å². The maximum Gasteiger partial charge on any atom is 0.252 e. The molecule has 98 valence electrons. The molecule has 0 unspecified atom stereocenters. The second-order valence-electron chi connectivity index (χ2n) is 4.66. The van der Waals surface area contributed by atoms with Crippen LogP contribution in [0.1, 0.15) is 29.6 Å². The third-order valence-corrected chi connectivity index (χ3v) is 3.16. The Labute approximate surface area is 107 Å². The van der Waals surface area contributed by atoms with Gasteiger partial charge in [-0.3, -0.25) is 9.59 Å². The van der Waals surface area contributed by atoms with Crippen LogP contribution in [0.15, 0.2) is 18.5 Å². The van der Waals surface area contributed by atoms with Gasteiger partial charge in [0, 0.05) is 45.5 Å². The van der Waals surface area contributed by atoms with Crippen molar-refractivity contribution in [1.82, 2.24) is 14.8 Å². The molecule has 2 heterocycles. The highest BCUT2D eigenvalue weighted by Gasteiger charge is 2.19. The van der Waals surface area contributed by atoms with E-state index in [1.807, 2.05) is 22.7 Å². The van der Waals surface area contributed by atoms with Crippen molar-refractivity contribution in [3.05, 3.63) is 24.0 Å². The maximum absolute atomic E-state index is 11.7. The van der Waals surface area contributed by atoms with Gasteiger partial charge in [0.25, 0.3) is 5.91 Å². The van der Waals surface area contributed by atoms with Gasteiger partial charge in [-0.1, -0.05) is 0 Å². The van der Waals surface area contributed by atoms with Gasteiger partial charge in [0.1, 0.15) is 0 Å². The Bertz CT molecular complexity index is 439. The third kappa shape index (κ3) is 3.12. The van der Waals surface area contributed by atoms with E-state index in [1.165, 1.54) is 0 Å². The first-order chi connectivity index (χ1) is 8.66. The van der Waals surface area contributed by atoms with Gasteiger partial charge in [0.2, 0.25) is 5.91 Å². The van der Waals surface area contributed by atoms with Crippen LogP contribution in [-0.2, 0) is 11.8 Å². The molecule has 2 amide bonds. The van der Waals surface area contributed by atoms with Crippen LogP contribution in [0.25, 0.3) is 0 Å². The third-order valence-electron chi connectivity index (χ3n) is 3.16. The van der Waals surface area contributed by atoms with E-state index in [-0.39, 0.29) is 11.8 Å². The molecule has 0 radical (unpaired) electrons. The monoisotopic (exact) mass is 249 g/mol. The van der Waals surface area contributed by atoms with E-state index in [2.05, 4.69) is 5.32 Å². The van der Waals surface area contributed by atoms with Crippen LogP contribution < -0.4 is 5.32 Å². The fourth-order valence-electron chi connectivity index (χ4n) is 2.15. The SMILES string of the molecule is Cn1ccc(C(=O)NCCCN2CCCC2=O)c1. The normalized spacial score (nSPS) is 15.2. The first kappa shape index (κ1) is 12.7. The lowest BCUT2D eigenvalue weighted by atomic mass is 10.3. The average molecular weight is 249 g/mol. The van der Waals surface area contributed by atoms with Gasteiger partial charge in [0.05, 0.1) is 5.56 Å². The number of aryl methyl sites for hydroxylation is 1. The Morgan fingerprint density at radius 1 is 1.50 bits per heavy atom. The zero-order valence-corrected chi connectivity index (χ0v) is 10.7. The summed E-state index contributed by atoms with van der Waals surface area (Å²) in [6, 6.07) is 1.79. The highest BCUT2D eigenvalue weighted by molar-refractivity contribution is 5.93. The molecule has 0 spiro atoms. The number of hydrogen-bond donors (Lipinski definition) is 1. The molecule has 0 aliphatic carbocycles. The number of nitrogens with zero attached hydrogens (tertiary/aromatic N) is 2. The van der Waals surface area contributed by atoms with Crippen LogP contribution in [0, 0.1) is 0 Å². The molecule has 1 aliphatic rings. The number of amides is 2. The number of nitrogens with one attached hydrogen (secondary N) is 1. The van der Waals surface area contributed by atoms with E-state index < -0.39 is 0 Å². The van der Waals surface area contributed by atoms with Gasteiger partial charge in [-0.05, 0) is 18.9 Å². The van der Waals surface area contributed by atoms with Gasteiger partial charge in [-0.25, -0.2) is 0 Å². The van der Waals surface area contributed by atoms with E-state index in [4.69, 9.17) is 0 Å². The predicted molar refractivity (Wildman–Crippen MR) is 68.2 cm³/mol. The summed E-state index contributed by atoms with van der Waals surface area (Å²) in [5.74, 6) is 0.188. The summed E-state index contributed by atoms with van der Waals surface area (Å²) < 4.78 is 1.85. The second kappa shape index (κ2) is 5.71. The molecule has 1 aromatic rings. The molecule has 5 nitrogen and oxygen atoms in total. The van der Waals surface area contributed by atoms with Crippen molar-refractivity contribution in [3.8, 4) is 0 Å². The minimum Gasteiger partial charge on any atom is -0.356 e. The minimum absolute atomic E-state index is 0.0525. The van der Waals surface area contributed by atoms with Crippen LogP contribution in [0.4, 0.5) is 0 Å². The second-order valence-corrected chi connectivity index (χ2v) is 4.66. The van der Waals surface area contributed by atoms with Crippen molar-refractivity contribution in [3.63, 3.8) is 0 Å². The smallest absolute Gasteiger partial charge is 0.252 e. The lowest BCUT2D eigenvalue weighted by Gasteiger charge is -2.15. The largest absolute Gasteiger partial charge is 0.356 e. The molecule has 0 saturated carbocycles. The number of carbonyl (C=O) groups excluding carboxylic acids is 2. The lowest BCUT2D eigenvalue weighted by Crippen LogP contribution is -2.30. The first-order valence-corrected chi connectivity index (χ1v) is 6.35. The zero-order chi connectivity index (χ0) is 13.0. The highest BCUT2D eigenvalue weighted by Crippen LogP contribution is 2.09. The van der Waals surface area contributed by atoms with Gasteiger partial charge in [0.15, 0.2) is 0 Å². The van der Waals surface area contributed by atoms with Gasteiger partial charge in [-0.15, -0.1) is 0 Å². The van der Waals surface area contributed by atoms with Crippen molar-refractivity contribution >= 4 is 11.8 Å². The van der Waals surface area contributed by atoms with Crippen LogP contribution in [-0.4, -0.2) is 40.9 Å².